The number of nitrogens with one attached hydrogen (secondary N) is 1. The summed E-state index contributed by atoms with van der Waals surface area (Å²) in [5, 5.41) is 0. The maximum atomic E-state index is 4.24. The number of unbranched alkanes of at least 4 members (excludes halogenated alkanes) is 9. The van der Waals surface area contributed by atoms with Crippen molar-refractivity contribution >= 4 is 12.4 Å². The summed E-state index contributed by atoms with van der Waals surface area (Å²) in [5.74, 6) is 1.14. The van der Waals surface area contributed by atoms with Crippen LogP contribution in [0.25, 0.3) is 0 Å². The van der Waals surface area contributed by atoms with E-state index >= 15 is 0 Å². The minimum Gasteiger partial charge on any atom is -0.349 e. The summed E-state index contributed by atoms with van der Waals surface area (Å²) in [6.45, 7) is 2.28. The summed E-state index contributed by atoms with van der Waals surface area (Å²) in [6, 6.07) is 0. The largest absolute Gasteiger partial charge is 0.349 e. The summed E-state index contributed by atoms with van der Waals surface area (Å²) < 4.78 is 0. The molecule has 0 aliphatic heterocycles. The van der Waals surface area contributed by atoms with Gasteiger partial charge in [-0.05, 0) is 6.42 Å². The number of hydrogen-bond acceptors (Lipinski definition) is 1. The highest BCUT2D eigenvalue weighted by Gasteiger charge is 1.95. The van der Waals surface area contributed by atoms with Gasteiger partial charge in [-0.1, -0.05) is 64.7 Å². The van der Waals surface area contributed by atoms with Gasteiger partial charge in [-0.25, -0.2) is 4.98 Å². The molecule has 3 heteroatoms. The zero-order valence-corrected chi connectivity index (χ0v) is 12.6. The number of rotatable bonds is 11. The van der Waals surface area contributed by atoms with Crippen LogP contribution < -0.4 is 0 Å². The molecule has 0 spiro atoms. The first-order valence-electron chi connectivity index (χ1n) is 7.41. The lowest BCUT2D eigenvalue weighted by Gasteiger charge is -2.01. The third kappa shape index (κ3) is 9.52. The summed E-state index contributed by atoms with van der Waals surface area (Å²) >= 11 is 0. The first kappa shape index (κ1) is 17.5. The normalized spacial score (nSPS) is 10.3. The highest BCUT2D eigenvalue weighted by Crippen LogP contribution is 2.11. The molecule has 1 N–H and O–H groups in total. The highest BCUT2D eigenvalue weighted by molar-refractivity contribution is 5.85. The molecule has 1 aromatic heterocycles. The third-order valence-corrected chi connectivity index (χ3v) is 3.32. The van der Waals surface area contributed by atoms with Crippen LogP contribution in [0.1, 0.15) is 77.0 Å². The molecule has 0 unspecified atom stereocenters. The maximum absolute atomic E-state index is 4.24. The van der Waals surface area contributed by atoms with Gasteiger partial charge in [0.25, 0.3) is 0 Å². The Balaban J connectivity index is 0.00000289. The molecule has 106 valence electrons. The first-order valence-corrected chi connectivity index (χ1v) is 7.41. The molecule has 0 aliphatic rings. The molecule has 0 saturated heterocycles. The minimum atomic E-state index is 0. The van der Waals surface area contributed by atoms with E-state index in [0.29, 0.717) is 0 Å². The Morgan fingerprint density at radius 1 is 0.889 bits per heavy atom. The molecular formula is C15H29ClN2. The molecule has 0 aliphatic carbocycles. The predicted octanol–water partition coefficient (Wildman–Crippen LogP) is 5.29. The molecular weight excluding hydrogens is 244 g/mol. The van der Waals surface area contributed by atoms with E-state index in [1.54, 1.807) is 0 Å². The fraction of sp³-hybridized carbons (Fsp3) is 0.800. The lowest BCUT2D eigenvalue weighted by Crippen LogP contribution is -1.88. The van der Waals surface area contributed by atoms with Crippen LogP contribution in [0, 0.1) is 0 Å². The molecule has 0 aromatic carbocycles. The quantitative estimate of drug-likeness (QED) is 0.545. The molecule has 18 heavy (non-hydrogen) atoms. The van der Waals surface area contributed by atoms with Crippen molar-refractivity contribution in [2.45, 2.75) is 77.6 Å². The Hall–Kier alpha value is -0.500. The number of aromatic amines is 1. The van der Waals surface area contributed by atoms with Gasteiger partial charge in [0.05, 0.1) is 0 Å². The van der Waals surface area contributed by atoms with Crippen molar-refractivity contribution < 1.29 is 0 Å². The Kier molecular flexibility index (Phi) is 12.6. The molecule has 0 amide bonds. The van der Waals surface area contributed by atoms with Gasteiger partial charge in [-0.2, -0.15) is 0 Å². The maximum Gasteiger partial charge on any atom is 0.105 e. The molecule has 0 fully saturated rings. The van der Waals surface area contributed by atoms with Crippen LogP contribution in [0.4, 0.5) is 0 Å². The number of hydrogen-bond donors (Lipinski definition) is 1. The number of nitrogens with zero attached hydrogens (tertiary/aromatic N) is 1. The van der Waals surface area contributed by atoms with Gasteiger partial charge in [0.15, 0.2) is 0 Å². The number of aromatic nitrogens is 2. The van der Waals surface area contributed by atoms with Gasteiger partial charge in [0.1, 0.15) is 5.82 Å². The van der Waals surface area contributed by atoms with Gasteiger partial charge < -0.3 is 4.98 Å². The van der Waals surface area contributed by atoms with Crippen molar-refractivity contribution in [3.05, 3.63) is 18.2 Å². The molecule has 2 nitrogen and oxygen atoms in total. The lowest BCUT2D eigenvalue weighted by atomic mass is 10.1. The molecule has 0 bridgehead atoms. The Morgan fingerprint density at radius 2 is 1.44 bits per heavy atom. The predicted molar refractivity (Wildman–Crippen MR) is 81.4 cm³/mol. The van der Waals surface area contributed by atoms with E-state index in [9.17, 15) is 0 Å². The van der Waals surface area contributed by atoms with Crippen molar-refractivity contribution in [3.8, 4) is 0 Å². The van der Waals surface area contributed by atoms with E-state index < -0.39 is 0 Å². The van der Waals surface area contributed by atoms with Crippen LogP contribution in [-0.4, -0.2) is 9.97 Å². The Morgan fingerprint density at radius 3 is 1.94 bits per heavy atom. The van der Waals surface area contributed by atoms with Crippen molar-refractivity contribution in [2.75, 3.05) is 0 Å². The van der Waals surface area contributed by atoms with Gasteiger partial charge in [-0.15, -0.1) is 12.4 Å². The average Bonchev–Trinajstić information content (AvgIpc) is 2.85. The smallest absolute Gasteiger partial charge is 0.105 e. The molecule has 1 heterocycles. The number of aryl methyl sites for hydroxylation is 1. The second kappa shape index (κ2) is 12.9. The average molecular weight is 273 g/mol. The fourth-order valence-electron chi connectivity index (χ4n) is 2.21. The summed E-state index contributed by atoms with van der Waals surface area (Å²) in [5.41, 5.74) is 0. The van der Waals surface area contributed by atoms with Crippen LogP contribution in [0.3, 0.4) is 0 Å². The van der Waals surface area contributed by atoms with Crippen molar-refractivity contribution in [1.82, 2.24) is 9.97 Å². The van der Waals surface area contributed by atoms with E-state index in [1.165, 1.54) is 64.2 Å². The minimum absolute atomic E-state index is 0. The Labute approximate surface area is 118 Å². The SMILES string of the molecule is CCCCCCCCCCCCc1ncc[nH]1.Cl. The molecule has 1 aromatic rings. The third-order valence-electron chi connectivity index (χ3n) is 3.32. The zero-order valence-electron chi connectivity index (χ0n) is 11.8. The summed E-state index contributed by atoms with van der Waals surface area (Å²) in [6.07, 6.45) is 18.9. The Bertz CT molecular complexity index is 247. The van der Waals surface area contributed by atoms with Crippen molar-refractivity contribution in [1.29, 1.82) is 0 Å². The standard InChI is InChI=1S/C15H28N2.ClH/c1-2-3-4-5-6-7-8-9-10-11-12-15-16-13-14-17-15;/h13-14H,2-12H2,1H3,(H,16,17);1H. The van der Waals surface area contributed by atoms with Gasteiger partial charge in [0, 0.05) is 18.8 Å². The van der Waals surface area contributed by atoms with E-state index in [0.717, 1.165) is 12.2 Å². The van der Waals surface area contributed by atoms with E-state index in [1.807, 2.05) is 12.4 Å². The van der Waals surface area contributed by atoms with Crippen LogP contribution in [0.2, 0.25) is 0 Å². The number of halogens is 1. The summed E-state index contributed by atoms with van der Waals surface area (Å²) in [4.78, 5) is 7.39. The second-order valence-electron chi connectivity index (χ2n) is 4.97. The van der Waals surface area contributed by atoms with Crippen LogP contribution in [-0.2, 0) is 6.42 Å². The highest BCUT2D eigenvalue weighted by atomic mass is 35.5. The number of imidazole rings is 1. The van der Waals surface area contributed by atoms with Gasteiger partial charge >= 0.3 is 0 Å². The fourth-order valence-corrected chi connectivity index (χ4v) is 2.21. The molecule has 0 saturated carbocycles. The van der Waals surface area contributed by atoms with E-state index in [4.69, 9.17) is 0 Å². The second-order valence-corrected chi connectivity index (χ2v) is 4.97. The molecule has 1 rings (SSSR count). The van der Waals surface area contributed by atoms with Crippen molar-refractivity contribution in [2.24, 2.45) is 0 Å². The zero-order chi connectivity index (χ0) is 12.2. The monoisotopic (exact) mass is 272 g/mol. The topological polar surface area (TPSA) is 28.7 Å². The van der Waals surface area contributed by atoms with Crippen LogP contribution in [0.15, 0.2) is 12.4 Å². The molecule has 0 radical (unpaired) electrons. The number of H-pyrrole nitrogens is 1. The van der Waals surface area contributed by atoms with Crippen molar-refractivity contribution in [3.63, 3.8) is 0 Å². The first-order chi connectivity index (χ1) is 8.43. The lowest BCUT2D eigenvalue weighted by molar-refractivity contribution is 0.554. The van der Waals surface area contributed by atoms with Crippen LogP contribution in [0.5, 0.6) is 0 Å². The molecule has 0 atom stereocenters. The van der Waals surface area contributed by atoms with E-state index in [2.05, 4.69) is 16.9 Å². The van der Waals surface area contributed by atoms with E-state index in [-0.39, 0.29) is 12.4 Å². The van der Waals surface area contributed by atoms with Crippen LogP contribution >= 0.6 is 12.4 Å². The summed E-state index contributed by atoms with van der Waals surface area (Å²) in [7, 11) is 0. The van der Waals surface area contributed by atoms with Gasteiger partial charge in [-0.3, -0.25) is 0 Å². The van der Waals surface area contributed by atoms with Gasteiger partial charge in [0.2, 0.25) is 0 Å².